The lowest BCUT2D eigenvalue weighted by molar-refractivity contribution is 0.203. The number of hydrogen-bond donors (Lipinski definition) is 1. The molecule has 0 aliphatic carbocycles. The van der Waals surface area contributed by atoms with Crippen molar-refractivity contribution >= 4 is 5.95 Å². The van der Waals surface area contributed by atoms with Gasteiger partial charge in [-0.05, 0) is 31.7 Å². The zero-order valence-corrected chi connectivity index (χ0v) is 13.2. The smallest absolute Gasteiger partial charge is 0.225 e. The molecular weight excluding hydrogens is 252 g/mol. The molecule has 0 spiro atoms. The van der Waals surface area contributed by atoms with Crippen LogP contribution in [0.1, 0.15) is 39.2 Å². The summed E-state index contributed by atoms with van der Waals surface area (Å²) in [4.78, 5) is 11.2. The molecule has 0 aromatic carbocycles. The molecule has 5 heteroatoms. The Morgan fingerprint density at radius 3 is 2.40 bits per heavy atom. The summed E-state index contributed by atoms with van der Waals surface area (Å²) in [5, 5.41) is 0. The summed E-state index contributed by atoms with van der Waals surface area (Å²) in [5.74, 6) is 0.769. The Morgan fingerprint density at radius 2 is 1.90 bits per heavy atom. The van der Waals surface area contributed by atoms with Crippen LogP contribution in [0.5, 0.6) is 0 Å². The average molecular weight is 280 g/mol. The van der Waals surface area contributed by atoms with Gasteiger partial charge in [0.05, 0.1) is 6.61 Å². The summed E-state index contributed by atoms with van der Waals surface area (Å²) < 4.78 is 5.17. The van der Waals surface area contributed by atoms with E-state index in [0.717, 1.165) is 37.3 Å². The van der Waals surface area contributed by atoms with Crippen molar-refractivity contribution in [3.63, 3.8) is 0 Å². The lowest BCUT2D eigenvalue weighted by Crippen LogP contribution is -2.36. The van der Waals surface area contributed by atoms with Crippen molar-refractivity contribution < 1.29 is 4.74 Å². The van der Waals surface area contributed by atoms with Gasteiger partial charge in [0.1, 0.15) is 0 Å². The van der Waals surface area contributed by atoms with Gasteiger partial charge in [-0.2, -0.15) is 0 Å². The van der Waals surface area contributed by atoms with Gasteiger partial charge in [0.15, 0.2) is 0 Å². The first kappa shape index (κ1) is 16.9. The third-order valence-electron chi connectivity index (χ3n) is 3.63. The number of aromatic nitrogens is 2. The fraction of sp³-hybridized carbons (Fsp3) is 0.733. The Hall–Kier alpha value is -1.20. The van der Waals surface area contributed by atoms with E-state index in [9.17, 15) is 0 Å². The Balaban J connectivity index is 2.76. The normalized spacial score (nSPS) is 14.1. The van der Waals surface area contributed by atoms with Gasteiger partial charge < -0.3 is 15.4 Å². The summed E-state index contributed by atoms with van der Waals surface area (Å²) in [5.41, 5.74) is 7.05. The Bertz CT molecular complexity index is 369. The molecule has 0 saturated heterocycles. The standard InChI is InChI=1S/C15H28N4O/c1-5-12(3)19(7-8-20-4)15-17-10-13(11-18-15)9-14(16)6-2/h10-12,14H,5-9,16H2,1-4H3. The molecule has 0 radical (unpaired) electrons. The van der Waals surface area contributed by atoms with Crippen LogP contribution in [-0.2, 0) is 11.2 Å². The highest BCUT2D eigenvalue weighted by Gasteiger charge is 2.15. The Labute approximate surface area is 122 Å². The van der Waals surface area contributed by atoms with Gasteiger partial charge in [-0.15, -0.1) is 0 Å². The molecule has 0 amide bonds. The number of rotatable bonds is 9. The van der Waals surface area contributed by atoms with Gasteiger partial charge in [0, 0.05) is 38.1 Å². The van der Waals surface area contributed by atoms with Crippen molar-refractivity contribution in [1.82, 2.24) is 9.97 Å². The largest absolute Gasteiger partial charge is 0.383 e. The third kappa shape index (κ3) is 5.06. The van der Waals surface area contributed by atoms with E-state index in [0.29, 0.717) is 12.6 Å². The number of nitrogens with two attached hydrogens (primary N) is 1. The maximum atomic E-state index is 5.96. The van der Waals surface area contributed by atoms with Crippen molar-refractivity contribution in [2.45, 2.75) is 52.1 Å². The van der Waals surface area contributed by atoms with Crippen LogP contribution in [0, 0.1) is 0 Å². The van der Waals surface area contributed by atoms with E-state index in [1.165, 1.54) is 0 Å². The van der Waals surface area contributed by atoms with Crippen molar-refractivity contribution in [2.24, 2.45) is 5.73 Å². The van der Waals surface area contributed by atoms with Gasteiger partial charge in [-0.25, -0.2) is 9.97 Å². The first-order valence-electron chi connectivity index (χ1n) is 7.44. The van der Waals surface area contributed by atoms with Crippen LogP contribution in [-0.4, -0.2) is 42.3 Å². The van der Waals surface area contributed by atoms with Crippen molar-refractivity contribution in [3.8, 4) is 0 Å². The Morgan fingerprint density at radius 1 is 1.25 bits per heavy atom. The minimum Gasteiger partial charge on any atom is -0.383 e. The quantitative estimate of drug-likeness (QED) is 0.749. The molecule has 2 atom stereocenters. The molecule has 2 N–H and O–H groups in total. The highest BCUT2D eigenvalue weighted by Crippen LogP contribution is 2.13. The summed E-state index contributed by atoms with van der Waals surface area (Å²) in [7, 11) is 1.71. The molecular formula is C15H28N4O. The van der Waals surface area contributed by atoms with Crippen LogP contribution in [0.25, 0.3) is 0 Å². The molecule has 114 valence electrons. The molecule has 1 aromatic rings. The van der Waals surface area contributed by atoms with E-state index in [1.807, 2.05) is 12.4 Å². The van der Waals surface area contributed by atoms with Crippen molar-refractivity contribution in [2.75, 3.05) is 25.2 Å². The van der Waals surface area contributed by atoms with Crippen molar-refractivity contribution in [1.29, 1.82) is 0 Å². The minimum atomic E-state index is 0.184. The van der Waals surface area contributed by atoms with Crippen LogP contribution < -0.4 is 10.6 Å². The zero-order valence-electron chi connectivity index (χ0n) is 13.2. The highest BCUT2D eigenvalue weighted by atomic mass is 16.5. The van der Waals surface area contributed by atoms with E-state index < -0.39 is 0 Å². The van der Waals surface area contributed by atoms with Crippen molar-refractivity contribution in [3.05, 3.63) is 18.0 Å². The molecule has 1 rings (SSSR count). The number of hydrogen-bond acceptors (Lipinski definition) is 5. The molecule has 0 aliphatic heterocycles. The van der Waals surface area contributed by atoms with E-state index in [-0.39, 0.29) is 6.04 Å². The lowest BCUT2D eigenvalue weighted by Gasteiger charge is -2.28. The predicted octanol–water partition coefficient (Wildman–Crippen LogP) is 2.01. The van der Waals surface area contributed by atoms with Gasteiger partial charge >= 0.3 is 0 Å². The molecule has 0 saturated carbocycles. The van der Waals surface area contributed by atoms with Crippen LogP contribution in [0.3, 0.4) is 0 Å². The van der Waals surface area contributed by atoms with Gasteiger partial charge in [-0.1, -0.05) is 13.8 Å². The first-order chi connectivity index (χ1) is 9.62. The summed E-state index contributed by atoms with van der Waals surface area (Å²) >= 11 is 0. The van der Waals surface area contributed by atoms with Gasteiger partial charge in [-0.3, -0.25) is 0 Å². The highest BCUT2D eigenvalue weighted by molar-refractivity contribution is 5.31. The van der Waals surface area contributed by atoms with E-state index in [1.54, 1.807) is 7.11 Å². The molecule has 2 unspecified atom stereocenters. The van der Waals surface area contributed by atoms with Crippen LogP contribution in [0.2, 0.25) is 0 Å². The van der Waals surface area contributed by atoms with Gasteiger partial charge in [0.2, 0.25) is 5.95 Å². The number of anilines is 1. The van der Waals surface area contributed by atoms with E-state index in [4.69, 9.17) is 10.5 Å². The number of ether oxygens (including phenoxy) is 1. The molecule has 0 bridgehead atoms. The second-order valence-corrected chi connectivity index (χ2v) is 5.21. The van der Waals surface area contributed by atoms with Crippen LogP contribution in [0.15, 0.2) is 12.4 Å². The average Bonchev–Trinajstić information content (AvgIpc) is 2.48. The van der Waals surface area contributed by atoms with Crippen LogP contribution in [0.4, 0.5) is 5.95 Å². The fourth-order valence-corrected chi connectivity index (χ4v) is 1.98. The van der Waals surface area contributed by atoms with E-state index >= 15 is 0 Å². The SMILES string of the molecule is CCC(N)Cc1cnc(N(CCOC)C(C)CC)nc1. The minimum absolute atomic E-state index is 0.184. The fourth-order valence-electron chi connectivity index (χ4n) is 1.98. The maximum absolute atomic E-state index is 5.96. The Kier molecular flexibility index (Phi) is 7.47. The maximum Gasteiger partial charge on any atom is 0.225 e. The topological polar surface area (TPSA) is 64.3 Å². The summed E-state index contributed by atoms with van der Waals surface area (Å²) in [6.07, 6.45) is 6.63. The second-order valence-electron chi connectivity index (χ2n) is 5.21. The number of nitrogens with zero attached hydrogens (tertiary/aromatic N) is 3. The third-order valence-corrected chi connectivity index (χ3v) is 3.63. The van der Waals surface area contributed by atoms with Crippen LogP contribution >= 0.6 is 0 Å². The molecule has 20 heavy (non-hydrogen) atoms. The zero-order chi connectivity index (χ0) is 15.0. The molecule has 5 nitrogen and oxygen atoms in total. The van der Waals surface area contributed by atoms with E-state index in [2.05, 4.69) is 35.6 Å². The van der Waals surface area contributed by atoms with Gasteiger partial charge in [0.25, 0.3) is 0 Å². The molecule has 1 heterocycles. The predicted molar refractivity (Wildman–Crippen MR) is 83.0 cm³/mol. The lowest BCUT2D eigenvalue weighted by atomic mass is 10.1. The second kappa shape index (κ2) is 8.87. The molecule has 0 aliphatic rings. The molecule has 1 aromatic heterocycles. The monoisotopic (exact) mass is 280 g/mol. The summed E-state index contributed by atoms with van der Waals surface area (Å²) in [6, 6.07) is 0.581. The summed E-state index contributed by atoms with van der Waals surface area (Å²) in [6.45, 7) is 7.92. The molecule has 0 fully saturated rings. The first-order valence-corrected chi connectivity index (χ1v) is 7.44. The number of methoxy groups -OCH3 is 1.